The minimum atomic E-state index is -0.974. The second kappa shape index (κ2) is 5.44. The molecule has 5 heteroatoms. The van der Waals surface area contributed by atoms with Crippen molar-refractivity contribution in [3.63, 3.8) is 0 Å². The largest absolute Gasteiger partial charge is 0.467 e. The number of nitrogens with one attached hydrogen (secondary N) is 1. The molecular formula is C16H16N2O3. The van der Waals surface area contributed by atoms with E-state index in [0.717, 1.165) is 11.3 Å². The molecule has 1 aromatic heterocycles. The molecule has 0 saturated heterocycles. The molecule has 1 aromatic carbocycles. The Kier molecular flexibility index (Phi) is 3.48. The van der Waals surface area contributed by atoms with Crippen molar-refractivity contribution in [3.05, 3.63) is 60.1 Å². The van der Waals surface area contributed by atoms with Gasteiger partial charge in [-0.25, -0.2) is 0 Å². The minimum absolute atomic E-state index is 0.200. The van der Waals surface area contributed by atoms with Crippen molar-refractivity contribution in [2.75, 3.05) is 0 Å². The van der Waals surface area contributed by atoms with E-state index in [-0.39, 0.29) is 5.91 Å². The summed E-state index contributed by atoms with van der Waals surface area (Å²) in [4.78, 5) is 17.7. The van der Waals surface area contributed by atoms with Gasteiger partial charge < -0.3 is 14.6 Å². The molecule has 1 aliphatic rings. The third-order valence-corrected chi connectivity index (χ3v) is 3.45. The molecule has 3 rings (SSSR count). The maximum atomic E-state index is 12.3. The number of hydrogen-bond acceptors (Lipinski definition) is 4. The van der Waals surface area contributed by atoms with Crippen LogP contribution in [0.5, 0.6) is 0 Å². The Morgan fingerprint density at radius 3 is 2.81 bits per heavy atom. The molecule has 0 fully saturated rings. The van der Waals surface area contributed by atoms with E-state index in [1.54, 1.807) is 19.3 Å². The Bertz CT molecular complexity index is 649. The van der Waals surface area contributed by atoms with E-state index in [1.807, 2.05) is 36.4 Å². The van der Waals surface area contributed by atoms with Crippen molar-refractivity contribution in [1.82, 2.24) is 5.32 Å². The molecule has 2 aromatic rings. The van der Waals surface area contributed by atoms with Gasteiger partial charge >= 0.3 is 0 Å². The number of oxime groups is 1. The van der Waals surface area contributed by atoms with Gasteiger partial charge in [0.25, 0.3) is 5.91 Å². The van der Waals surface area contributed by atoms with Crippen LogP contribution in [0.4, 0.5) is 0 Å². The van der Waals surface area contributed by atoms with E-state index >= 15 is 0 Å². The smallest absolute Gasteiger partial charge is 0.267 e. The lowest BCUT2D eigenvalue weighted by Crippen LogP contribution is -2.44. The van der Waals surface area contributed by atoms with E-state index in [4.69, 9.17) is 9.25 Å². The summed E-state index contributed by atoms with van der Waals surface area (Å²) in [5.74, 6) is 0.503. The van der Waals surface area contributed by atoms with Crippen LogP contribution in [0.1, 0.15) is 24.7 Å². The predicted octanol–water partition coefficient (Wildman–Crippen LogP) is 2.48. The summed E-state index contributed by atoms with van der Waals surface area (Å²) >= 11 is 0. The third-order valence-electron chi connectivity index (χ3n) is 3.45. The van der Waals surface area contributed by atoms with Crippen molar-refractivity contribution in [3.8, 4) is 0 Å². The Hall–Kier alpha value is -2.56. The highest BCUT2D eigenvalue weighted by Gasteiger charge is 2.42. The summed E-state index contributed by atoms with van der Waals surface area (Å²) in [6, 6.07) is 13.3. The van der Waals surface area contributed by atoms with Gasteiger partial charge in [-0.3, -0.25) is 4.79 Å². The van der Waals surface area contributed by atoms with Gasteiger partial charge in [-0.1, -0.05) is 35.5 Å². The van der Waals surface area contributed by atoms with Crippen molar-refractivity contribution in [2.24, 2.45) is 5.16 Å². The topological polar surface area (TPSA) is 63.8 Å². The van der Waals surface area contributed by atoms with E-state index in [1.165, 1.54) is 0 Å². The summed E-state index contributed by atoms with van der Waals surface area (Å²) in [5.41, 5.74) is 0.781. The molecule has 5 nitrogen and oxygen atoms in total. The number of carbonyl (C=O) groups excluding carboxylic acids is 1. The van der Waals surface area contributed by atoms with E-state index in [0.29, 0.717) is 18.7 Å². The molecule has 0 spiro atoms. The fourth-order valence-corrected chi connectivity index (χ4v) is 2.21. The molecule has 2 heterocycles. The van der Waals surface area contributed by atoms with Gasteiger partial charge in [0.2, 0.25) is 5.60 Å². The first-order chi connectivity index (χ1) is 10.2. The van der Waals surface area contributed by atoms with Gasteiger partial charge in [0.15, 0.2) is 0 Å². The molecular weight excluding hydrogens is 268 g/mol. The fraction of sp³-hybridized carbons (Fsp3) is 0.250. The Morgan fingerprint density at radius 1 is 1.29 bits per heavy atom. The highest BCUT2D eigenvalue weighted by Crippen LogP contribution is 2.26. The summed E-state index contributed by atoms with van der Waals surface area (Å²) in [6.45, 7) is 2.08. The number of benzene rings is 1. The monoisotopic (exact) mass is 284 g/mol. The molecule has 21 heavy (non-hydrogen) atoms. The number of nitrogens with zero attached hydrogens (tertiary/aromatic N) is 1. The van der Waals surface area contributed by atoms with Crippen LogP contribution in [-0.2, 0) is 16.2 Å². The SMILES string of the molecule is C[C@]1(C(=O)NCc2ccco2)CC(c2ccccc2)=NO1. The zero-order valence-electron chi connectivity index (χ0n) is 11.7. The van der Waals surface area contributed by atoms with Crippen LogP contribution in [0.3, 0.4) is 0 Å². The second-order valence-electron chi connectivity index (χ2n) is 5.16. The van der Waals surface area contributed by atoms with E-state index in [9.17, 15) is 4.79 Å². The Labute approximate surface area is 122 Å². The molecule has 0 unspecified atom stereocenters. The van der Waals surface area contributed by atoms with Crippen molar-refractivity contribution in [2.45, 2.75) is 25.5 Å². The highest BCUT2D eigenvalue weighted by atomic mass is 16.7. The molecule has 108 valence electrons. The van der Waals surface area contributed by atoms with Gasteiger partial charge in [-0.05, 0) is 24.6 Å². The standard InChI is InChI=1S/C16H16N2O3/c1-16(15(19)17-11-13-8-5-9-20-13)10-14(18-21-16)12-6-3-2-4-7-12/h2-9H,10-11H2,1H3,(H,17,19)/t16-/m1/s1. The molecule has 1 aliphatic heterocycles. The number of amides is 1. The number of carbonyl (C=O) groups is 1. The summed E-state index contributed by atoms with van der Waals surface area (Å²) < 4.78 is 5.19. The van der Waals surface area contributed by atoms with Crippen molar-refractivity contribution >= 4 is 11.6 Å². The highest BCUT2D eigenvalue weighted by molar-refractivity contribution is 6.05. The average molecular weight is 284 g/mol. The lowest BCUT2D eigenvalue weighted by molar-refractivity contribution is -0.141. The first-order valence-corrected chi connectivity index (χ1v) is 6.78. The van der Waals surface area contributed by atoms with Crippen molar-refractivity contribution in [1.29, 1.82) is 0 Å². The van der Waals surface area contributed by atoms with Gasteiger partial charge in [0, 0.05) is 6.42 Å². The van der Waals surface area contributed by atoms with Crippen molar-refractivity contribution < 1.29 is 14.0 Å². The quantitative estimate of drug-likeness (QED) is 0.938. The molecule has 1 amide bonds. The van der Waals surface area contributed by atoms with Crippen LogP contribution in [0.25, 0.3) is 0 Å². The summed E-state index contributed by atoms with van der Waals surface area (Å²) in [5, 5.41) is 6.87. The summed E-state index contributed by atoms with van der Waals surface area (Å²) in [7, 11) is 0. The van der Waals surface area contributed by atoms with Crippen LogP contribution >= 0.6 is 0 Å². The van der Waals surface area contributed by atoms with Gasteiger partial charge in [0.1, 0.15) is 5.76 Å². The third kappa shape index (κ3) is 2.81. The van der Waals surface area contributed by atoms with Gasteiger partial charge in [0.05, 0.1) is 18.5 Å². The minimum Gasteiger partial charge on any atom is -0.467 e. The molecule has 1 atom stereocenters. The number of furan rings is 1. The Morgan fingerprint density at radius 2 is 2.10 bits per heavy atom. The zero-order valence-corrected chi connectivity index (χ0v) is 11.7. The molecule has 0 radical (unpaired) electrons. The lowest BCUT2D eigenvalue weighted by Gasteiger charge is -2.19. The number of rotatable bonds is 4. The van der Waals surface area contributed by atoms with Crippen LogP contribution in [0.2, 0.25) is 0 Å². The zero-order chi connectivity index (χ0) is 14.7. The molecule has 0 bridgehead atoms. The molecule has 0 aliphatic carbocycles. The lowest BCUT2D eigenvalue weighted by atomic mass is 9.95. The van der Waals surface area contributed by atoms with Gasteiger partial charge in [-0.15, -0.1) is 0 Å². The first kappa shape index (κ1) is 13.4. The maximum Gasteiger partial charge on any atom is 0.267 e. The van der Waals surface area contributed by atoms with Crippen LogP contribution < -0.4 is 5.32 Å². The fourth-order valence-electron chi connectivity index (χ4n) is 2.21. The van der Waals surface area contributed by atoms with E-state index < -0.39 is 5.60 Å². The normalized spacial score (nSPS) is 20.7. The Balaban J connectivity index is 1.63. The average Bonchev–Trinajstić information content (AvgIpc) is 3.16. The summed E-state index contributed by atoms with van der Waals surface area (Å²) in [6.07, 6.45) is 2.02. The molecule has 0 saturated carbocycles. The number of hydrogen-bond donors (Lipinski definition) is 1. The van der Waals surface area contributed by atoms with E-state index in [2.05, 4.69) is 10.5 Å². The first-order valence-electron chi connectivity index (χ1n) is 6.78. The predicted molar refractivity (Wildman–Crippen MR) is 77.6 cm³/mol. The van der Waals surface area contributed by atoms with Gasteiger partial charge in [-0.2, -0.15) is 0 Å². The molecule has 1 N–H and O–H groups in total. The van der Waals surface area contributed by atoms with Crippen LogP contribution in [0.15, 0.2) is 58.3 Å². The van der Waals surface area contributed by atoms with Crippen LogP contribution in [-0.4, -0.2) is 17.2 Å². The second-order valence-corrected chi connectivity index (χ2v) is 5.16. The maximum absolute atomic E-state index is 12.3. The van der Waals surface area contributed by atoms with Crippen LogP contribution in [0, 0.1) is 0 Å².